The van der Waals surface area contributed by atoms with Crippen molar-refractivity contribution in [2.45, 2.75) is 47.0 Å². The summed E-state index contributed by atoms with van der Waals surface area (Å²) in [5, 5.41) is 2.90. The summed E-state index contributed by atoms with van der Waals surface area (Å²) < 4.78 is 4.64. The number of nitrogens with one attached hydrogen (secondary N) is 1. The van der Waals surface area contributed by atoms with Gasteiger partial charge in [-0.05, 0) is 25.2 Å². The first-order chi connectivity index (χ1) is 8.42. The zero-order valence-electron chi connectivity index (χ0n) is 12.3. The highest BCUT2D eigenvalue weighted by molar-refractivity contribution is 5.78. The Labute approximate surface area is 110 Å². The third kappa shape index (κ3) is 6.62. The second-order valence-electron chi connectivity index (χ2n) is 5.24. The van der Waals surface area contributed by atoms with Gasteiger partial charge in [0.1, 0.15) is 0 Å². The molecule has 0 rings (SSSR count). The number of esters is 1. The summed E-state index contributed by atoms with van der Waals surface area (Å²) in [6, 6.07) is 0. The molecule has 0 aliphatic heterocycles. The smallest absolute Gasteiger partial charge is 0.308 e. The van der Waals surface area contributed by atoms with Crippen molar-refractivity contribution >= 4 is 11.9 Å². The lowest BCUT2D eigenvalue weighted by Crippen LogP contribution is -2.33. The minimum atomic E-state index is -0.224. The maximum Gasteiger partial charge on any atom is 0.308 e. The SMILES string of the molecule is CC[C@@H](CC(C)C)C(=O)NCC[C@H](C)C(=O)OC. The number of rotatable bonds is 8. The van der Waals surface area contributed by atoms with Crippen LogP contribution in [-0.4, -0.2) is 25.5 Å². The second kappa shape index (κ2) is 8.95. The number of hydrogen-bond donors (Lipinski definition) is 1. The molecular weight excluding hydrogens is 230 g/mol. The van der Waals surface area contributed by atoms with Crippen LogP contribution >= 0.6 is 0 Å². The predicted molar refractivity (Wildman–Crippen MR) is 72.0 cm³/mol. The highest BCUT2D eigenvalue weighted by Gasteiger charge is 2.18. The van der Waals surface area contributed by atoms with Gasteiger partial charge in [-0.25, -0.2) is 0 Å². The van der Waals surface area contributed by atoms with Crippen LogP contribution in [0.2, 0.25) is 0 Å². The molecule has 0 spiro atoms. The highest BCUT2D eigenvalue weighted by Crippen LogP contribution is 2.15. The molecule has 0 aliphatic rings. The van der Waals surface area contributed by atoms with Gasteiger partial charge in [0.25, 0.3) is 0 Å². The molecule has 0 aromatic rings. The molecule has 0 unspecified atom stereocenters. The van der Waals surface area contributed by atoms with Crippen LogP contribution in [0.5, 0.6) is 0 Å². The Hall–Kier alpha value is -1.06. The van der Waals surface area contributed by atoms with E-state index in [2.05, 4.69) is 23.9 Å². The first kappa shape index (κ1) is 16.9. The van der Waals surface area contributed by atoms with Crippen LogP contribution in [0, 0.1) is 17.8 Å². The van der Waals surface area contributed by atoms with Crippen molar-refractivity contribution in [2.75, 3.05) is 13.7 Å². The summed E-state index contributed by atoms with van der Waals surface area (Å²) in [7, 11) is 1.38. The molecule has 4 heteroatoms. The van der Waals surface area contributed by atoms with Gasteiger partial charge in [0, 0.05) is 12.5 Å². The third-order valence-electron chi connectivity index (χ3n) is 3.10. The fourth-order valence-corrected chi connectivity index (χ4v) is 1.90. The molecule has 106 valence electrons. The maximum atomic E-state index is 11.9. The highest BCUT2D eigenvalue weighted by atomic mass is 16.5. The number of hydrogen-bond acceptors (Lipinski definition) is 3. The van der Waals surface area contributed by atoms with Crippen LogP contribution in [0.15, 0.2) is 0 Å². The van der Waals surface area contributed by atoms with E-state index in [4.69, 9.17) is 0 Å². The van der Waals surface area contributed by atoms with Gasteiger partial charge in [-0.3, -0.25) is 9.59 Å². The maximum absolute atomic E-state index is 11.9. The lowest BCUT2D eigenvalue weighted by Gasteiger charge is -2.17. The zero-order valence-corrected chi connectivity index (χ0v) is 12.3. The van der Waals surface area contributed by atoms with Gasteiger partial charge in [-0.15, -0.1) is 0 Å². The Balaban J connectivity index is 3.97. The number of amides is 1. The summed E-state index contributed by atoms with van der Waals surface area (Å²) in [4.78, 5) is 23.1. The van der Waals surface area contributed by atoms with E-state index in [1.165, 1.54) is 7.11 Å². The van der Waals surface area contributed by atoms with Crippen molar-refractivity contribution in [3.63, 3.8) is 0 Å². The van der Waals surface area contributed by atoms with Crippen molar-refractivity contribution in [2.24, 2.45) is 17.8 Å². The molecule has 0 aliphatic carbocycles. The number of carbonyl (C=O) groups is 2. The first-order valence-corrected chi connectivity index (χ1v) is 6.77. The van der Waals surface area contributed by atoms with E-state index in [1.54, 1.807) is 0 Å². The molecule has 0 saturated carbocycles. The van der Waals surface area contributed by atoms with Gasteiger partial charge in [0.2, 0.25) is 5.91 Å². The Bertz CT molecular complexity index is 264. The molecule has 2 atom stereocenters. The van der Waals surface area contributed by atoms with Crippen molar-refractivity contribution in [1.29, 1.82) is 0 Å². The van der Waals surface area contributed by atoms with E-state index < -0.39 is 0 Å². The number of ether oxygens (including phenoxy) is 1. The third-order valence-corrected chi connectivity index (χ3v) is 3.10. The monoisotopic (exact) mass is 257 g/mol. The molecule has 4 nitrogen and oxygen atoms in total. The molecule has 0 fully saturated rings. The van der Waals surface area contributed by atoms with Crippen molar-refractivity contribution in [1.82, 2.24) is 5.32 Å². The second-order valence-corrected chi connectivity index (χ2v) is 5.24. The van der Waals surface area contributed by atoms with Crippen molar-refractivity contribution < 1.29 is 14.3 Å². The largest absolute Gasteiger partial charge is 0.469 e. The summed E-state index contributed by atoms with van der Waals surface area (Å²) in [5.74, 6) is 0.315. The Kier molecular flexibility index (Phi) is 8.42. The van der Waals surface area contributed by atoms with Crippen molar-refractivity contribution in [3.05, 3.63) is 0 Å². The number of carbonyl (C=O) groups excluding carboxylic acids is 2. The van der Waals surface area contributed by atoms with Crippen LogP contribution in [0.25, 0.3) is 0 Å². The molecule has 0 heterocycles. The lowest BCUT2D eigenvalue weighted by molar-refractivity contribution is -0.145. The zero-order chi connectivity index (χ0) is 14.1. The Morgan fingerprint density at radius 3 is 2.28 bits per heavy atom. The van der Waals surface area contributed by atoms with Gasteiger partial charge in [-0.1, -0.05) is 27.7 Å². The molecule has 18 heavy (non-hydrogen) atoms. The fourth-order valence-electron chi connectivity index (χ4n) is 1.90. The first-order valence-electron chi connectivity index (χ1n) is 6.77. The normalized spacial score (nSPS) is 14.1. The molecule has 0 aromatic heterocycles. The van der Waals surface area contributed by atoms with Crippen LogP contribution in [0.4, 0.5) is 0 Å². The van der Waals surface area contributed by atoms with Crippen LogP contribution < -0.4 is 5.32 Å². The van der Waals surface area contributed by atoms with Crippen molar-refractivity contribution in [3.8, 4) is 0 Å². The molecule has 0 bridgehead atoms. The lowest BCUT2D eigenvalue weighted by atomic mass is 9.94. The van der Waals surface area contributed by atoms with Gasteiger partial charge in [-0.2, -0.15) is 0 Å². The van der Waals surface area contributed by atoms with Crippen LogP contribution in [0.1, 0.15) is 47.0 Å². The molecule has 0 aromatic carbocycles. The molecule has 1 N–H and O–H groups in total. The summed E-state index contributed by atoms with van der Waals surface area (Å²) >= 11 is 0. The standard InChI is InChI=1S/C14H27NO3/c1-6-12(9-10(2)3)13(16)15-8-7-11(4)14(17)18-5/h10-12H,6-9H2,1-5H3,(H,15,16)/t11-,12-/m0/s1. The minimum absolute atomic E-state index is 0.0819. The van der Waals surface area contributed by atoms with E-state index in [0.717, 1.165) is 12.8 Å². The summed E-state index contributed by atoms with van der Waals surface area (Å²) in [5.41, 5.74) is 0. The van der Waals surface area contributed by atoms with Gasteiger partial charge in [0.15, 0.2) is 0 Å². The average Bonchev–Trinajstić information content (AvgIpc) is 2.34. The van der Waals surface area contributed by atoms with E-state index in [0.29, 0.717) is 18.9 Å². The molecular formula is C14H27NO3. The molecule has 0 radical (unpaired) electrons. The van der Waals surface area contributed by atoms with Gasteiger partial charge >= 0.3 is 5.97 Å². The van der Waals surface area contributed by atoms with E-state index >= 15 is 0 Å². The topological polar surface area (TPSA) is 55.4 Å². The number of methoxy groups -OCH3 is 1. The predicted octanol–water partition coefficient (Wildman–Crippen LogP) is 2.37. The van der Waals surface area contributed by atoms with E-state index in [-0.39, 0.29) is 23.7 Å². The quantitative estimate of drug-likeness (QED) is 0.679. The van der Waals surface area contributed by atoms with Gasteiger partial charge in [0.05, 0.1) is 13.0 Å². The summed E-state index contributed by atoms with van der Waals surface area (Å²) in [6.07, 6.45) is 2.39. The minimum Gasteiger partial charge on any atom is -0.469 e. The molecule has 1 amide bonds. The van der Waals surface area contributed by atoms with E-state index in [1.807, 2.05) is 13.8 Å². The average molecular weight is 257 g/mol. The van der Waals surface area contributed by atoms with E-state index in [9.17, 15) is 9.59 Å². The fraction of sp³-hybridized carbons (Fsp3) is 0.857. The van der Waals surface area contributed by atoms with Crippen LogP contribution in [-0.2, 0) is 14.3 Å². The Morgan fingerprint density at radius 1 is 1.22 bits per heavy atom. The summed E-state index contributed by atoms with van der Waals surface area (Å²) in [6.45, 7) is 8.61. The van der Waals surface area contributed by atoms with Crippen LogP contribution in [0.3, 0.4) is 0 Å². The Morgan fingerprint density at radius 2 is 1.83 bits per heavy atom. The van der Waals surface area contributed by atoms with Gasteiger partial charge < -0.3 is 10.1 Å². The molecule has 0 saturated heterocycles.